The van der Waals surface area contributed by atoms with Gasteiger partial charge in [0.1, 0.15) is 17.0 Å². The standard InChI is InChI=1S/C16H17F3N6O3/c1-9-7-11(16(17,18)19)22-15(21-9)25-5-3-24(4-6-25)13(26)12-10(14(27)28)8-20-23(12)2/h7-8H,3-6H2,1-2H3,(H,27,28). The normalized spacial score (nSPS) is 15.0. The first-order valence-corrected chi connectivity index (χ1v) is 8.30. The third-order valence-corrected chi connectivity index (χ3v) is 4.35. The molecule has 1 amide bonds. The number of aromatic nitrogens is 4. The quantitative estimate of drug-likeness (QED) is 0.828. The van der Waals surface area contributed by atoms with Gasteiger partial charge in [0.2, 0.25) is 5.95 Å². The van der Waals surface area contributed by atoms with Gasteiger partial charge in [-0.1, -0.05) is 0 Å². The van der Waals surface area contributed by atoms with E-state index < -0.39 is 23.7 Å². The second-order valence-electron chi connectivity index (χ2n) is 6.31. The van der Waals surface area contributed by atoms with E-state index in [4.69, 9.17) is 0 Å². The number of anilines is 1. The van der Waals surface area contributed by atoms with Gasteiger partial charge in [-0.15, -0.1) is 0 Å². The lowest BCUT2D eigenvalue weighted by atomic mass is 10.2. The molecule has 1 N–H and O–H groups in total. The van der Waals surface area contributed by atoms with E-state index >= 15 is 0 Å². The highest BCUT2D eigenvalue weighted by Gasteiger charge is 2.35. The minimum Gasteiger partial charge on any atom is -0.478 e. The van der Waals surface area contributed by atoms with Gasteiger partial charge < -0.3 is 14.9 Å². The van der Waals surface area contributed by atoms with Gasteiger partial charge in [0.15, 0.2) is 0 Å². The zero-order chi connectivity index (χ0) is 20.6. The third-order valence-electron chi connectivity index (χ3n) is 4.35. The van der Waals surface area contributed by atoms with Gasteiger partial charge in [0, 0.05) is 38.9 Å². The van der Waals surface area contributed by atoms with Crippen LogP contribution in [0.25, 0.3) is 0 Å². The summed E-state index contributed by atoms with van der Waals surface area (Å²) in [6, 6.07) is 0.874. The van der Waals surface area contributed by atoms with Crippen LogP contribution in [0.15, 0.2) is 12.3 Å². The minimum atomic E-state index is -4.58. The van der Waals surface area contributed by atoms with Crippen molar-refractivity contribution in [2.75, 3.05) is 31.1 Å². The van der Waals surface area contributed by atoms with Crippen molar-refractivity contribution in [1.29, 1.82) is 0 Å². The molecule has 3 heterocycles. The van der Waals surface area contributed by atoms with Crippen molar-refractivity contribution in [3.05, 3.63) is 34.9 Å². The predicted octanol–water partition coefficient (Wildman–Crippen LogP) is 1.20. The molecular formula is C16H17F3N6O3. The molecular weight excluding hydrogens is 381 g/mol. The number of nitrogens with zero attached hydrogens (tertiary/aromatic N) is 6. The van der Waals surface area contributed by atoms with Crippen LogP contribution < -0.4 is 4.90 Å². The molecule has 0 saturated carbocycles. The Kier molecular flexibility index (Phi) is 4.96. The van der Waals surface area contributed by atoms with E-state index in [9.17, 15) is 27.9 Å². The summed E-state index contributed by atoms with van der Waals surface area (Å²) in [7, 11) is 1.47. The molecule has 28 heavy (non-hydrogen) atoms. The molecule has 1 saturated heterocycles. The summed E-state index contributed by atoms with van der Waals surface area (Å²) in [4.78, 5) is 34.6. The largest absolute Gasteiger partial charge is 0.478 e. The third kappa shape index (κ3) is 3.75. The van der Waals surface area contributed by atoms with Crippen LogP contribution in [-0.4, -0.2) is 67.8 Å². The fourth-order valence-corrected chi connectivity index (χ4v) is 2.95. The van der Waals surface area contributed by atoms with Gasteiger partial charge in [-0.3, -0.25) is 9.48 Å². The van der Waals surface area contributed by atoms with E-state index in [1.54, 1.807) is 4.90 Å². The molecule has 9 nitrogen and oxygen atoms in total. The van der Waals surface area contributed by atoms with Gasteiger partial charge in [-0.05, 0) is 13.0 Å². The van der Waals surface area contributed by atoms with Crippen LogP contribution in [0.3, 0.4) is 0 Å². The highest BCUT2D eigenvalue weighted by molar-refractivity contribution is 6.03. The van der Waals surface area contributed by atoms with Crippen LogP contribution in [-0.2, 0) is 13.2 Å². The van der Waals surface area contributed by atoms with Crippen molar-refractivity contribution in [3.63, 3.8) is 0 Å². The molecule has 3 rings (SSSR count). The molecule has 0 aromatic carbocycles. The van der Waals surface area contributed by atoms with Crippen LogP contribution in [0, 0.1) is 6.92 Å². The number of aromatic carboxylic acids is 1. The van der Waals surface area contributed by atoms with E-state index in [-0.39, 0.29) is 49.1 Å². The monoisotopic (exact) mass is 398 g/mol. The maximum absolute atomic E-state index is 13.0. The highest BCUT2D eigenvalue weighted by atomic mass is 19.4. The Morgan fingerprint density at radius 3 is 2.36 bits per heavy atom. The lowest BCUT2D eigenvalue weighted by Gasteiger charge is -2.35. The summed E-state index contributed by atoms with van der Waals surface area (Å²) in [5.74, 6) is -1.81. The summed E-state index contributed by atoms with van der Waals surface area (Å²) in [6.07, 6.45) is -3.47. The molecule has 2 aromatic rings. The number of carboxylic acids is 1. The highest BCUT2D eigenvalue weighted by Crippen LogP contribution is 2.29. The Balaban J connectivity index is 1.75. The van der Waals surface area contributed by atoms with Crippen LogP contribution in [0.5, 0.6) is 0 Å². The van der Waals surface area contributed by atoms with Crippen molar-refractivity contribution >= 4 is 17.8 Å². The number of alkyl halides is 3. The van der Waals surface area contributed by atoms with Gasteiger partial charge in [-0.2, -0.15) is 18.3 Å². The van der Waals surface area contributed by atoms with Gasteiger partial charge in [0.05, 0.1) is 6.20 Å². The van der Waals surface area contributed by atoms with Gasteiger partial charge in [0.25, 0.3) is 5.91 Å². The second-order valence-corrected chi connectivity index (χ2v) is 6.31. The Morgan fingerprint density at radius 2 is 1.79 bits per heavy atom. The number of halogens is 3. The smallest absolute Gasteiger partial charge is 0.433 e. The summed E-state index contributed by atoms with van der Waals surface area (Å²) < 4.78 is 40.1. The average molecular weight is 398 g/mol. The first-order chi connectivity index (χ1) is 13.1. The number of aryl methyl sites for hydroxylation is 2. The van der Waals surface area contributed by atoms with E-state index in [2.05, 4.69) is 15.1 Å². The summed E-state index contributed by atoms with van der Waals surface area (Å²) in [6.45, 7) is 2.25. The molecule has 1 fully saturated rings. The lowest BCUT2D eigenvalue weighted by molar-refractivity contribution is -0.141. The van der Waals surface area contributed by atoms with Crippen LogP contribution in [0.2, 0.25) is 0 Å². The lowest BCUT2D eigenvalue weighted by Crippen LogP contribution is -2.50. The number of piperazine rings is 1. The first-order valence-electron chi connectivity index (χ1n) is 8.30. The number of rotatable bonds is 3. The average Bonchev–Trinajstić information content (AvgIpc) is 3.02. The molecule has 0 radical (unpaired) electrons. The molecule has 150 valence electrons. The van der Waals surface area contributed by atoms with Gasteiger partial charge >= 0.3 is 12.1 Å². The van der Waals surface area contributed by atoms with E-state index in [0.29, 0.717) is 0 Å². The van der Waals surface area contributed by atoms with E-state index in [1.165, 1.54) is 23.6 Å². The molecule has 0 aliphatic carbocycles. The molecule has 12 heteroatoms. The number of hydrogen-bond donors (Lipinski definition) is 1. The topological polar surface area (TPSA) is 104 Å². The van der Waals surface area contributed by atoms with Crippen LogP contribution >= 0.6 is 0 Å². The van der Waals surface area contributed by atoms with Crippen molar-refractivity contribution in [3.8, 4) is 0 Å². The van der Waals surface area contributed by atoms with E-state index in [1.807, 2.05) is 0 Å². The minimum absolute atomic E-state index is 0.0490. The molecule has 0 unspecified atom stereocenters. The number of hydrogen-bond acceptors (Lipinski definition) is 6. The molecule has 0 bridgehead atoms. The maximum atomic E-state index is 13.0. The second kappa shape index (κ2) is 7.09. The fraction of sp³-hybridized carbons (Fsp3) is 0.438. The number of carbonyl (C=O) groups is 2. The fourth-order valence-electron chi connectivity index (χ4n) is 2.95. The maximum Gasteiger partial charge on any atom is 0.433 e. The molecule has 1 aliphatic heterocycles. The van der Waals surface area contributed by atoms with Crippen LogP contribution in [0.1, 0.15) is 32.2 Å². The zero-order valence-electron chi connectivity index (χ0n) is 15.1. The molecule has 1 aliphatic rings. The summed E-state index contributed by atoms with van der Waals surface area (Å²) in [5.41, 5.74) is -1.08. The van der Waals surface area contributed by atoms with Crippen molar-refractivity contribution in [1.82, 2.24) is 24.6 Å². The number of amides is 1. The van der Waals surface area contributed by atoms with E-state index in [0.717, 1.165) is 12.3 Å². The SMILES string of the molecule is Cc1cc(C(F)(F)F)nc(N2CCN(C(=O)c3c(C(=O)O)cnn3C)CC2)n1. The van der Waals surface area contributed by atoms with Crippen molar-refractivity contribution in [2.45, 2.75) is 13.1 Å². The Labute approximate surface area is 157 Å². The first kappa shape index (κ1) is 19.6. The molecule has 0 spiro atoms. The van der Waals surface area contributed by atoms with Crippen LogP contribution in [0.4, 0.5) is 19.1 Å². The summed E-state index contributed by atoms with van der Waals surface area (Å²) >= 11 is 0. The zero-order valence-corrected chi connectivity index (χ0v) is 15.1. The molecule has 0 atom stereocenters. The molecule has 2 aromatic heterocycles. The Bertz CT molecular complexity index is 919. The predicted molar refractivity (Wildman–Crippen MR) is 90.1 cm³/mol. The number of carboxylic acid groups (broad SMARTS) is 1. The van der Waals surface area contributed by atoms with Gasteiger partial charge in [-0.25, -0.2) is 14.8 Å². The summed E-state index contributed by atoms with van der Waals surface area (Å²) in [5, 5.41) is 13.0. The number of carbonyl (C=O) groups excluding carboxylic acids is 1. The van der Waals surface area contributed by atoms with Crippen molar-refractivity contribution in [2.24, 2.45) is 7.05 Å². The Hall–Kier alpha value is -3.18. The Morgan fingerprint density at radius 1 is 1.14 bits per heavy atom. The van der Waals surface area contributed by atoms with Crippen molar-refractivity contribution < 1.29 is 27.9 Å².